The number of aromatic nitrogens is 2. The Morgan fingerprint density at radius 3 is 2.56 bits per heavy atom. The highest BCUT2D eigenvalue weighted by Crippen LogP contribution is 2.19. The van der Waals surface area contributed by atoms with Crippen molar-refractivity contribution in [3.63, 3.8) is 0 Å². The summed E-state index contributed by atoms with van der Waals surface area (Å²) in [5.74, 6) is 0.507. The van der Waals surface area contributed by atoms with Crippen molar-refractivity contribution < 1.29 is 9.53 Å². The molecule has 0 N–H and O–H groups in total. The molecule has 0 saturated heterocycles. The van der Waals surface area contributed by atoms with Crippen LogP contribution in [0.25, 0.3) is 0 Å². The summed E-state index contributed by atoms with van der Waals surface area (Å²) < 4.78 is 7.15. The summed E-state index contributed by atoms with van der Waals surface area (Å²) in [6.07, 6.45) is 3.77. The van der Waals surface area contributed by atoms with Gasteiger partial charge in [-0.2, -0.15) is 5.10 Å². The quantitative estimate of drug-likeness (QED) is 0.695. The number of carbonyl (C=O) groups excluding carboxylic acids is 1. The Morgan fingerprint density at radius 1 is 1.08 bits per heavy atom. The maximum absolute atomic E-state index is 12.6. The van der Waals surface area contributed by atoms with Crippen molar-refractivity contribution in [3.8, 4) is 5.75 Å². The summed E-state index contributed by atoms with van der Waals surface area (Å²) in [6, 6.07) is 17.4. The van der Waals surface area contributed by atoms with Crippen molar-refractivity contribution in [2.24, 2.45) is 0 Å². The lowest BCUT2D eigenvalue weighted by atomic mass is 10.1. The Bertz CT molecular complexity index is 843. The molecule has 0 atom stereocenters. The monoisotopic (exact) mass is 335 g/mol. The first-order valence-electron chi connectivity index (χ1n) is 8.11. The fraction of sp³-hybridized carbons (Fsp3) is 0.200. The third-order valence-corrected chi connectivity index (χ3v) is 3.98. The van der Waals surface area contributed by atoms with Crippen LogP contribution in [-0.2, 0) is 13.1 Å². The van der Waals surface area contributed by atoms with Crippen LogP contribution in [-0.4, -0.2) is 34.7 Å². The van der Waals surface area contributed by atoms with Gasteiger partial charge in [0, 0.05) is 25.4 Å². The molecule has 2 aromatic carbocycles. The van der Waals surface area contributed by atoms with Gasteiger partial charge in [-0.15, -0.1) is 0 Å². The molecule has 3 aromatic rings. The van der Waals surface area contributed by atoms with Crippen molar-refractivity contribution in [1.82, 2.24) is 14.7 Å². The van der Waals surface area contributed by atoms with Crippen LogP contribution in [0, 0.1) is 0 Å². The zero-order valence-electron chi connectivity index (χ0n) is 14.4. The molecule has 0 bridgehead atoms. The number of amides is 1. The van der Waals surface area contributed by atoms with E-state index in [4.69, 9.17) is 4.74 Å². The zero-order chi connectivity index (χ0) is 17.6. The SMILES string of the molecule is COc1ccccc1C(=O)N(C)Cc1cnn(Cc2ccccc2)c1. The van der Waals surface area contributed by atoms with Crippen LogP contribution in [0.2, 0.25) is 0 Å². The van der Waals surface area contributed by atoms with E-state index in [0.29, 0.717) is 24.4 Å². The van der Waals surface area contributed by atoms with Gasteiger partial charge in [-0.3, -0.25) is 9.48 Å². The average Bonchev–Trinajstić information content (AvgIpc) is 3.08. The number of para-hydroxylation sites is 1. The normalized spacial score (nSPS) is 10.5. The second-order valence-electron chi connectivity index (χ2n) is 5.89. The molecule has 1 amide bonds. The molecule has 1 aromatic heterocycles. The van der Waals surface area contributed by atoms with Crippen molar-refractivity contribution in [2.45, 2.75) is 13.1 Å². The highest BCUT2D eigenvalue weighted by molar-refractivity contribution is 5.96. The predicted molar refractivity (Wildman–Crippen MR) is 96.6 cm³/mol. The van der Waals surface area contributed by atoms with Gasteiger partial charge in [-0.05, 0) is 17.7 Å². The maximum atomic E-state index is 12.6. The molecule has 25 heavy (non-hydrogen) atoms. The second kappa shape index (κ2) is 7.66. The van der Waals surface area contributed by atoms with E-state index in [1.807, 2.05) is 41.2 Å². The van der Waals surface area contributed by atoms with Gasteiger partial charge in [0.2, 0.25) is 0 Å². The zero-order valence-corrected chi connectivity index (χ0v) is 14.4. The summed E-state index contributed by atoms with van der Waals surface area (Å²) in [4.78, 5) is 14.3. The van der Waals surface area contributed by atoms with E-state index in [0.717, 1.165) is 5.56 Å². The molecule has 128 valence electrons. The Balaban J connectivity index is 1.67. The Kier molecular flexibility index (Phi) is 5.14. The third-order valence-electron chi connectivity index (χ3n) is 3.98. The summed E-state index contributed by atoms with van der Waals surface area (Å²) in [7, 11) is 3.35. The van der Waals surface area contributed by atoms with Gasteiger partial charge in [-0.1, -0.05) is 42.5 Å². The topological polar surface area (TPSA) is 47.4 Å². The van der Waals surface area contributed by atoms with Crippen LogP contribution in [0.4, 0.5) is 0 Å². The van der Waals surface area contributed by atoms with Crippen LogP contribution in [0.3, 0.4) is 0 Å². The minimum Gasteiger partial charge on any atom is -0.496 e. The molecule has 3 rings (SSSR count). The summed E-state index contributed by atoms with van der Waals surface area (Å²) >= 11 is 0. The first kappa shape index (κ1) is 16.8. The van der Waals surface area contributed by atoms with Crippen molar-refractivity contribution in [2.75, 3.05) is 14.2 Å². The van der Waals surface area contributed by atoms with Crippen LogP contribution >= 0.6 is 0 Å². The standard InChI is InChI=1S/C20H21N3O2/c1-22(20(24)18-10-6-7-11-19(18)25-2)13-17-12-21-23(15-17)14-16-8-4-3-5-9-16/h3-12,15H,13-14H2,1-2H3. The fourth-order valence-electron chi connectivity index (χ4n) is 2.72. The van der Waals surface area contributed by atoms with Crippen LogP contribution in [0.15, 0.2) is 67.0 Å². The highest BCUT2D eigenvalue weighted by Gasteiger charge is 2.16. The number of rotatable bonds is 6. The fourth-order valence-corrected chi connectivity index (χ4v) is 2.72. The first-order valence-corrected chi connectivity index (χ1v) is 8.11. The van der Waals surface area contributed by atoms with Crippen LogP contribution < -0.4 is 4.74 Å². The second-order valence-corrected chi connectivity index (χ2v) is 5.89. The lowest BCUT2D eigenvalue weighted by Crippen LogP contribution is -2.26. The largest absolute Gasteiger partial charge is 0.496 e. The number of benzene rings is 2. The third kappa shape index (κ3) is 4.07. The Hall–Kier alpha value is -3.08. The average molecular weight is 335 g/mol. The van der Waals surface area contributed by atoms with Gasteiger partial charge in [0.25, 0.3) is 5.91 Å². The number of carbonyl (C=O) groups is 1. The molecule has 5 heteroatoms. The lowest BCUT2D eigenvalue weighted by Gasteiger charge is -2.17. The van der Waals surface area contributed by atoms with Crippen molar-refractivity contribution in [1.29, 1.82) is 0 Å². The van der Waals surface area contributed by atoms with E-state index in [1.165, 1.54) is 5.56 Å². The highest BCUT2D eigenvalue weighted by atomic mass is 16.5. The van der Waals surface area contributed by atoms with E-state index in [2.05, 4.69) is 17.2 Å². The molecule has 0 aliphatic rings. The van der Waals surface area contributed by atoms with Crippen molar-refractivity contribution >= 4 is 5.91 Å². The molecule has 5 nitrogen and oxygen atoms in total. The van der Waals surface area contributed by atoms with Gasteiger partial charge >= 0.3 is 0 Å². The molecule has 0 aliphatic heterocycles. The smallest absolute Gasteiger partial charge is 0.257 e. The molecule has 0 saturated carbocycles. The molecule has 0 unspecified atom stereocenters. The summed E-state index contributed by atoms with van der Waals surface area (Å²) in [6.45, 7) is 1.21. The molecule has 0 radical (unpaired) electrons. The molecule has 0 fully saturated rings. The summed E-state index contributed by atoms with van der Waals surface area (Å²) in [5.41, 5.74) is 2.74. The van der Waals surface area contributed by atoms with Gasteiger partial charge < -0.3 is 9.64 Å². The lowest BCUT2D eigenvalue weighted by molar-refractivity contribution is 0.0781. The number of hydrogen-bond donors (Lipinski definition) is 0. The number of methoxy groups -OCH3 is 1. The Labute approximate surface area is 147 Å². The summed E-state index contributed by atoms with van der Waals surface area (Å²) in [5, 5.41) is 4.38. The number of nitrogens with zero attached hydrogens (tertiary/aromatic N) is 3. The van der Waals surface area contributed by atoms with Crippen molar-refractivity contribution in [3.05, 3.63) is 83.7 Å². The number of hydrogen-bond acceptors (Lipinski definition) is 3. The van der Waals surface area contributed by atoms with Crippen LogP contribution in [0.1, 0.15) is 21.5 Å². The molecule has 0 spiro atoms. The van der Waals surface area contributed by atoms with Gasteiger partial charge in [-0.25, -0.2) is 0 Å². The van der Waals surface area contributed by atoms with Gasteiger partial charge in [0.1, 0.15) is 5.75 Å². The minimum absolute atomic E-state index is 0.0757. The van der Waals surface area contributed by atoms with E-state index in [9.17, 15) is 4.79 Å². The van der Waals surface area contributed by atoms with Gasteiger partial charge in [0.05, 0.1) is 25.4 Å². The molecule has 0 aliphatic carbocycles. The first-order chi connectivity index (χ1) is 12.2. The van der Waals surface area contributed by atoms with E-state index >= 15 is 0 Å². The van der Waals surface area contributed by atoms with Gasteiger partial charge in [0.15, 0.2) is 0 Å². The Morgan fingerprint density at radius 2 is 1.80 bits per heavy atom. The van der Waals surface area contributed by atoms with E-state index in [-0.39, 0.29) is 5.91 Å². The minimum atomic E-state index is -0.0757. The van der Waals surface area contributed by atoms with E-state index < -0.39 is 0 Å². The maximum Gasteiger partial charge on any atom is 0.257 e. The molecular weight excluding hydrogens is 314 g/mol. The van der Waals surface area contributed by atoms with Crippen LogP contribution in [0.5, 0.6) is 5.75 Å². The predicted octanol–water partition coefficient (Wildman–Crippen LogP) is 3.21. The molecular formula is C20H21N3O2. The van der Waals surface area contributed by atoms with E-state index in [1.54, 1.807) is 37.4 Å². The molecule has 1 heterocycles. The number of ether oxygens (including phenoxy) is 1.